The Morgan fingerprint density at radius 2 is 1.51 bits per heavy atom. The predicted molar refractivity (Wildman–Crippen MR) is 159 cm³/mol. The zero-order valence-electron chi connectivity index (χ0n) is 25.0. The molecule has 2 saturated carbocycles. The number of aliphatic hydroxyl groups is 2. The number of fused-ring (bicyclic) bond motifs is 2. The summed E-state index contributed by atoms with van der Waals surface area (Å²) in [7, 11) is 0. The van der Waals surface area contributed by atoms with Crippen LogP contribution in [0, 0.1) is 49.5 Å². The van der Waals surface area contributed by atoms with Crippen LogP contribution < -0.4 is 0 Å². The molecule has 4 unspecified atom stereocenters. The Bertz CT molecular complexity index is 1220. The van der Waals surface area contributed by atoms with Crippen LogP contribution in [0.1, 0.15) is 89.3 Å². The van der Waals surface area contributed by atoms with Crippen molar-refractivity contribution in [3.8, 4) is 11.3 Å². The molecule has 39 heavy (non-hydrogen) atoms. The van der Waals surface area contributed by atoms with Gasteiger partial charge in [-0.05, 0) is 85.9 Å². The molecule has 4 heteroatoms. The number of rotatable bonds is 5. The van der Waals surface area contributed by atoms with E-state index in [1.165, 1.54) is 22.9 Å². The summed E-state index contributed by atoms with van der Waals surface area (Å²) in [6.07, 6.45) is 6.98. The molecule has 1 heterocycles. The van der Waals surface area contributed by atoms with Crippen LogP contribution in [0.25, 0.3) is 22.2 Å². The van der Waals surface area contributed by atoms with Crippen LogP contribution >= 0.6 is 0 Å². The van der Waals surface area contributed by atoms with Gasteiger partial charge in [-0.15, -0.1) is 34.9 Å². The Morgan fingerprint density at radius 1 is 0.872 bits per heavy atom. The number of pyridine rings is 1. The molecule has 4 atom stereocenters. The van der Waals surface area contributed by atoms with Gasteiger partial charge in [-0.3, -0.25) is 4.98 Å². The molecule has 2 aromatic carbocycles. The van der Waals surface area contributed by atoms with E-state index < -0.39 is 0 Å². The molecule has 0 saturated heterocycles. The molecule has 0 amide bonds. The van der Waals surface area contributed by atoms with E-state index in [0.717, 1.165) is 60.9 Å². The normalized spacial score (nSPS) is 24.8. The molecule has 2 aliphatic rings. The van der Waals surface area contributed by atoms with Gasteiger partial charge in [0.1, 0.15) is 0 Å². The van der Waals surface area contributed by atoms with Crippen LogP contribution in [0.2, 0.25) is 0 Å². The molecule has 2 aliphatic carbocycles. The van der Waals surface area contributed by atoms with Crippen LogP contribution in [0.4, 0.5) is 0 Å². The third-order valence-electron chi connectivity index (χ3n) is 10.4. The fourth-order valence-corrected chi connectivity index (χ4v) is 7.67. The molecule has 2 fully saturated rings. The molecule has 215 valence electrons. The van der Waals surface area contributed by atoms with Gasteiger partial charge in [0.05, 0.1) is 17.7 Å². The minimum atomic E-state index is -0.309. The molecule has 0 bridgehead atoms. The first-order chi connectivity index (χ1) is 18.1. The molecule has 5 rings (SSSR count). The van der Waals surface area contributed by atoms with Gasteiger partial charge in [-0.1, -0.05) is 65.8 Å². The zero-order valence-corrected chi connectivity index (χ0v) is 27.4. The maximum atomic E-state index is 10.9. The Hall–Kier alpha value is -1.58. The summed E-state index contributed by atoms with van der Waals surface area (Å²) in [5.74, 6) is 0.657. The monoisotopic (exact) mass is 707 g/mol. The fraction of sp³-hybridized carbons (Fsp3) is 0.571. The number of hydrogen-bond acceptors (Lipinski definition) is 3. The van der Waals surface area contributed by atoms with E-state index >= 15 is 0 Å². The van der Waals surface area contributed by atoms with Crippen molar-refractivity contribution in [2.45, 2.75) is 106 Å². The van der Waals surface area contributed by atoms with Gasteiger partial charge in [-0.2, -0.15) is 0 Å². The topological polar surface area (TPSA) is 53.4 Å². The van der Waals surface area contributed by atoms with Gasteiger partial charge >= 0.3 is 0 Å². The Morgan fingerprint density at radius 3 is 2.13 bits per heavy atom. The van der Waals surface area contributed by atoms with E-state index in [1.54, 1.807) is 0 Å². The summed E-state index contributed by atoms with van der Waals surface area (Å²) in [6, 6.07) is 18.1. The molecular formula is C35H48IrNO2-. The minimum Gasteiger partial charge on any atom is -0.392 e. The average Bonchev–Trinajstić information content (AvgIpc) is 3.21. The van der Waals surface area contributed by atoms with E-state index in [-0.39, 0.29) is 49.1 Å². The number of hydrogen-bond donors (Lipinski definition) is 2. The van der Waals surface area contributed by atoms with Crippen molar-refractivity contribution in [2.24, 2.45) is 22.7 Å². The molecular weight excluding hydrogens is 659 g/mol. The SMILES string of the molecule is CCC1(CC)CCC2CC(CC)(CC)C(O)C2C1O.Cc1[c-]c(-c2ccc3c(C)cccc3n2)cc(C)c1.[Ir]. The van der Waals surface area contributed by atoms with Crippen molar-refractivity contribution >= 4 is 10.9 Å². The summed E-state index contributed by atoms with van der Waals surface area (Å²) in [5, 5.41) is 23.0. The van der Waals surface area contributed by atoms with Gasteiger partial charge < -0.3 is 10.2 Å². The Labute approximate surface area is 250 Å². The summed E-state index contributed by atoms with van der Waals surface area (Å²) in [4.78, 5) is 4.76. The standard InChI is InChI=1S/C18H16N.C17H32O2.Ir/c1-12-9-13(2)11-15(10-12)17-8-7-16-14(3)5-4-6-18(16)19-17;1-5-16(6-2)10-9-12-11-17(7-3,8-4)15(19)13(12)14(16)18;/h4-10H,1-3H3;12-15,18-19H,5-11H2,1-4H3;/q-1;;. The molecule has 0 spiro atoms. The average molecular weight is 707 g/mol. The van der Waals surface area contributed by atoms with Gasteiger partial charge in [0, 0.05) is 31.4 Å². The smallest absolute Gasteiger partial charge is 0.0651 e. The van der Waals surface area contributed by atoms with Crippen molar-refractivity contribution in [1.29, 1.82) is 0 Å². The van der Waals surface area contributed by atoms with Crippen LogP contribution in [0.5, 0.6) is 0 Å². The van der Waals surface area contributed by atoms with Crippen molar-refractivity contribution in [2.75, 3.05) is 0 Å². The minimum absolute atomic E-state index is 0. The third kappa shape index (κ3) is 6.05. The fourth-order valence-electron chi connectivity index (χ4n) is 7.67. The number of aryl methyl sites for hydroxylation is 3. The number of nitrogens with zero attached hydrogens (tertiary/aromatic N) is 1. The molecule has 2 N–H and O–H groups in total. The van der Waals surface area contributed by atoms with Gasteiger partial charge in [0.15, 0.2) is 0 Å². The molecule has 1 aromatic heterocycles. The molecule has 3 aromatic rings. The second-order valence-electron chi connectivity index (χ2n) is 12.2. The third-order valence-corrected chi connectivity index (χ3v) is 10.4. The Balaban J connectivity index is 0.000000210. The van der Waals surface area contributed by atoms with E-state index in [2.05, 4.69) is 97.0 Å². The number of aliphatic hydroxyl groups excluding tert-OH is 2. The summed E-state index contributed by atoms with van der Waals surface area (Å²) < 4.78 is 0. The van der Waals surface area contributed by atoms with Crippen molar-refractivity contribution in [1.82, 2.24) is 4.98 Å². The number of benzene rings is 2. The summed E-state index contributed by atoms with van der Waals surface area (Å²) in [5.41, 5.74) is 6.89. The van der Waals surface area contributed by atoms with E-state index in [1.807, 2.05) is 0 Å². The molecule has 3 nitrogen and oxygen atoms in total. The van der Waals surface area contributed by atoms with Crippen LogP contribution in [0.15, 0.2) is 42.5 Å². The number of aromatic nitrogens is 1. The van der Waals surface area contributed by atoms with E-state index in [0.29, 0.717) is 5.92 Å². The quantitative estimate of drug-likeness (QED) is 0.262. The van der Waals surface area contributed by atoms with Crippen molar-refractivity contribution in [3.05, 3.63) is 65.2 Å². The van der Waals surface area contributed by atoms with E-state index in [4.69, 9.17) is 4.98 Å². The van der Waals surface area contributed by atoms with Crippen LogP contribution in [0.3, 0.4) is 0 Å². The summed E-state index contributed by atoms with van der Waals surface area (Å²) >= 11 is 0. The summed E-state index contributed by atoms with van der Waals surface area (Å²) in [6.45, 7) is 15.1. The zero-order chi connectivity index (χ0) is 27.7. The second-order valence-corrected chi connectivity index (χ2v) is 12.2. The van der Waals surface area contributed by atoms with Gasteiger partial charge in [0.2, 0.25) is 0 Å². The first-order valence-electron chi connectivity index (χ1n) is 14.9. The maximum Gasteiger partial charge on any atom is 0.0651 e. The van der Waals surface area contributed by atoms with Gasteiger partial charge in [0.25, 0.3) is 0 Å². The second kappa shape index (κ2) is 12.9. The van der Waals surface area contributed by atoms with Crippen LogP contribution in [-0.4, -0.2) is 27.4 Å². The maximum absolute atomic E-state index is 10.9. The van der Waals surface area contributed by atoms with Gasteiger partial charge in [-0.25, -0.2) is 0 Å². The molecule has 1 radical (unpaired) electrons. The van der Waals surface area contributed by atoms with Crippen molar-refractivity contribution in [3.63, 3.8) is 0 Å². The first-order valence-corrected chi connectivity index (χ1v) is 14.9. The largest absolute Gasteiger partial charge is 0.392 e. The Kier molecular flexibility index (Phi) is 10.6. The van der Waals surface area contributed by atoms with Crippen LogP contribution in [-0.2, 0) is 20.1 Å². The first kappa shape index (κ1) is 31.9. The van der Waals surface area contributed by atoms with E-state index in [9.17, 15) is 10.2 Å². The predicted octanol–water partition coefficient (Wildman–Crippen LogP) is 8.38. The molecule has 0 aliphatic heterocycles. The van der Waals surface area contributed by atoms with Crippen molar-refractivity contribution < 1.29 is 30.3 Å².